The van der Waals surface area contributed by atoms with Crippen molar-refractivity contribution in [3.05, 3.63) is 0 Å². The molecule has 1 heterocycles. The maximum absolute atomic E-state index is 11.5. The van der Waals surface area contributed by atoms with Crippen LogP contribution in [0.15, 0.2) is 0 Å². The van der Waals surface area contributed by atoms with Gasteiger partial charge >= 0.3 is 0 Å². The first kappa shape index (κ1) is 15.8. The van der Waals surface area contributed by atoms with Gasteiger partial charge in [0.2, 0.25) is 5.91 Å². The molecular formula is C13H26N2O2S. The minimum Gasteiger partial charge on any atom is -0.379 e. The smallest absolute Gasteiger partial charge is 0.237 e. The van der Waals surface area contributed by atoms with E-state index in [1.54, 1.807) is 0 Å². The molecule has 0 aromatic heterocycles. The van der Waals surface area contributed by atoms with E-state index in [9.17, 15) is 4.79 Å². The summed E-state index contributed by atoms with van der Waals surface area (Å²) in [7, 11) is 0. The van der Waals surface area contributed by atoms with Crippen molar-refractivity contribution < 1.29 is 9.53 Å². The molecule has 1 amide bonds. The predicted octanol–water partition coefficient (Wildman–Crippen LogP) is 1.53. The van der Waals surface area contributed by atoms with Crippen LogP contribution in [0.3, 0.4) is 0 Å². The number of thioether (sulfide) groups is 1. The molecule has 1 saturated heterocycles. The molecule has 18 heavy (non-hydrogen) atoms. The highest BCUT2D eigenvalue weighted by atomic mass is 32.2. The Labute approximate surface area is 114 Å². The number of primary amides is 1. The van der Waals surface area contributed by atoms with E-state index in [1.165, 1.54) is 0 Å². The van der Waals surface area contributed by atoms with Crippen LogP contribution < -0.4 is 11.1 Å². The van der Waals surface area contributed by atoms with E-state index < -0.39 is 5.54 Å². The van der Waals surface area contributed by atoms with Crippen molar-refractivity contribution in [1.82, 2.24) is 5.32 Å². The molecule has 5 heteroatoms. The Balaban J connectivity index is 2.13. The Bertz CT molecular complexity index is 259. The Morgan fingerprint density at radius 1 is 1.50 bits per heavy atom. The molecule has 106 valence electrons. The minimum absolute atomic E-state index is 0.240. The molecule has 3 N–H and O–H groups in total. The highest BCUT2D eigenvalue weighted by molar-refractivity contribution is 8.00. The number of ether oxygens (including phenoxy) is 1. The number of nitrogens with one attached hydrogen (secondary N) is 1. The summed E-state index contributed by atoms with van der Waals surface area (Å²) >= 11 is 1.98. The summed E-state index contributed by atoms with van der Waals surface area (Å²) in [5.41, 5.74) is 4.94. The monoisotopic (exact) mass is 274 g/mol. The van der Waals surface area contributed by atoms with Gasteiger partial charge in [0.1, 0.15) is 0 Å². The zero-order valence-corrected chi connectivity index (χ0v) is 12.4. The van der Waals surface area contributed by atoms with Crippen molar-refractivity contribution in [2.75, 3.05) is 25.5 Å². The Hall–Kier alpha value is -0.260. The molecule has 0 bridgehead atoms. The summed E-state index contributed by atoms with van der Waals surface area (Å²) in [5.74, 6) is 0.910. The Morgan fingerprint density at radius 2 is 2.22 bits per heavy atom. The normalized spacial score (nSPS) is 19.2. The van der Waals surface area contributed by atoms with E-state index in [4.69, 9.17) is 10.5 Å². The van der Waals surface area contributed by atoms with E-state index in [0.717, 1.165) is 51.2 Å². The van der Waals surface area contributed by atoms with Gasteiger partial charge in [0.15, 0.2) is 0 Å². The molecule has 0 radical (unpaired) electrons. The van der Waals surface area contributed by atoms with Crippen LogP contribution >= 0.6 is 11.8 Å². The summed E-state index contributed by atoms with van der Waals surface area (Å²) < 4.78 is 5.13. The third kappa shape index (κ3) is 5.16. The lowest BCUT2D eigenvalue weighted by atomic mass is 9.94. The largest absolute Gasteiger partial charge is 0.379 e. The van der Waals surface area contributed by atoms with E-state index in [1.807, 2.05) is 18.7 Å². The fraction of sp³-hybridized carbons (Fsp3) is 0.923. The second kappa shape index (κ2) is 8.02. The molecule has 0 aromatic carbocycles. The quantitative estimate of drug-likeness (QED) is 0.593. The predicted molar refractivity (Wildman–Crippen MR) is 76.8 cm³/mol. The summed E-state index contributed by atoms with van der Waals surface area (Å²) in [6.45, 7) is 6.65. The fourth-order valence-corrected chi connectivity index (χ4v) is 2.93. The summed E-state index contributed by atoms with van der Waals surface area (Å²) in [4.78, 5) is 11.5. The summed E-state index contributed by atoms with van der Waals surface area (Å²) in [6.07, 6.45) is 4.01. The maximum atomic E-state index is 11.5. The molecule has 0 saturated carbocycles. The Kier molecular flexibility index (Phi) is 7.04. The minimum atomic E-state index is -0.541. The van der Waals surface area contributed by atoms with Crippen molar-refractivity contribution >= 4 is 17.7 Å². The second-order valence-electron chi connectivity index (χ2n) is 5.11. The molecule has 1 aliphatic rings. The second-order valence-corrected chi connectivity index (χ2v) is 6.52. The van der Waals surface area contributed by atoms with Crippen LogP contribution in [-0.4, -0.2) is 42.2 Å². The molecule has 1 atom stereocenters. The molecule has 0 aromatic rings. The highest BCUT2D eigenvalue weighted by Gasteiger charge is 2.29. The molecule has 1 aliphatic heterocycles. The first-order valence-corrected chi connectivity index (χ1v) is 7.87. The van der Waals surface area contributed by atoms with Gasteiger partial charge in [0, 0.05) is 0 Å². The first-order valence-electron chi connectivity index (χ1n) is 6.83. The van der Waals surface area contributed by atoms with Crippen LogP contribution in [0.1, 0.15) is 39.5 Å². The highest BCUT2D eigenvalue weighted by Crippen LogP contribution is 2.21. The Morgan fingerprint density at radius 3 is 2.72 bits per heavy atom. The number of carbonyl (C=O) groups excluding carboxylic acids is 1. The molecular weight excluding hydrogens is 248 g/mol. The number of amides is 1. The van der Waals surface area contributed by atoms with Gasteiger partial charge in [-0.1, -0.05) is 13.3 Å². The number of unbranched alkanes of at least 4 members (excludes halogenated alkanes) is 1. The van der Waals surface area contributed by atoms with Gasteiger partial charge in [-0.05, 0) is 38.5 Å². The van der Waals surface area contributed by atoms with Gasteiger partial charge in [-0.25, -0.2) is 0 Å². The number of carbonyl (C=O) groups is 1. The van der Waals surface area contributed by atoms with Crippen molar-refractivity contribution in [1.29, 1.82) is 0 Å². The van der Waals surface area contributed by atoms with E-state index in [-0.39, 0.29) is 5.91 Å². The average molecular weight is 274 g/mol. The van der Waals surface area contributed by atoms with Crippen LogP contribution in [0.25, 0.3) is 0 Å². The molecule has 0 spiro atoms. The standard InChI is InChI=1S/C13H26N2O2S/c1-3-7-15-13(2,12(14)16)6-4-5-8-18-11-9-17-10-11/h11,15H,3-10H2,1-2H3,(H2,14,16). The number of rotatable bonds is 10. The van der Waals surface area contributed by atoms with Crippen LogP contribution in [0.4, 0.5) is 0 Å². The lowest BCUT2D eigenvalue weighted by Crippen LogP contribution is -2.53. The molecule has 4 nitrogen and oxygen atoms in total. The van der Waals surface area contributed by atoms with Gasteiger partial charge in [-0.2, -0.15) is 11.8 Å². The van der Waals surface area contributed by atoms with Crippen LogP contribution in [0, 0.1) is 0 Å². The number of nitrogens with two attached hydrogens (primary N) is 1. The van der Waals surface area contributed by atoms with Crippen LogP contribution in [0.5, 0.6) is 0 Å². The summed E-state index contributed by atoms with van der Waals surface area (Å²) in [6, 6.07) is 0. The fourth-order valence-electron chi connectivity index (χ4n) is 1.84. The van der Waals surface area contributed by atoms with E-state index in [0.29, 0.717) is 5.25 Å². The van der Waals surface area contributed by atoms with Gasteiger partial charge in [0.05, 0.1) is 24.0 Å². The molecule has 0 aliphatic carbocycles. The average Bonchev–Trinajstić information content (AvgIpc) is 2.28. The van der Waals surface area contributed by atoms with Crippen LogP contribution in [0.2, 0.25) is 0 Å². The van der Waals surface area contributed by atoms with Gasteiger partial charge in [0.25, 0.3) is 0 Å². The van der Waals surface area contributed by atoms with Crippen molar-refractivity contribution in [2.45, 2.75) is 50.3 Å². The third-order valence-corrected chi connectivity index (χ3v) is 4.61. The summed E-state index contributed by atoms with van der Waals surface area (Å²) in [5, 5.41) is 3.97. The van der Waals surface area contributed by atoms with E-state index in [2.05, 4.69) is 12.2 Å². The van der Waals surface area contributed by atoms with Crippen molar-refractivity contribution in [3.63, 3.8) is 0 Å². The van der Waals surface area contributed by atoms with Gasteiger partial charge in [-0.15, -0.1) is 0 Å². The maximum Gasteiger partial charge on any atom is 0.237 e. The molecule has 1 rings (SSSR count). The van der Waals surface area contributed by atoms with Gasteiger partial charge in [-0.3, -0.25) is 4.79 Å². The zero-order chi connectivity index (χ0) is 13.4. The third-order valence-electron chi connectivity index (χ3n) is 3.34. The van der Waals surface area contributed by atoms with Gasteiger partial charge < -0.3 is 15.8 Å². The van der Waals surface area contributed by atoms with Crippen LogP contribution in [-0.2, 0) is 9.53 Å². The lowest BCUT2D eigenvalue weighted by Gasteiger charge is -2.28. The zero-order valence-electron chi connectivity index (χ0n) is 11.5. The van der Waals surface area contributed by atoms with Crippen molar-refractivity contribution in [2.24, 2.45) is 5.73 Å². The topological polar surface area (TPSA) is 64.3 Å². The lowest BCUT2D eigenvalue weighted by molar-refractivity contribution is -0.124. The molecule has 1 unspecified atom stereocenters. The van der Waals surface area contributed by atoms with Crippen molar-refractivity contribution in [3.8, 4) is 0 Å². The number of hydrogen-bond donors (Lipinski definition) is 2. The first-order chi connectivity index (χ1) is 8.58. The number of hydrogen-bond acceptors (Lipinski definition) is 4. The van der Waals surface area contributed by atoms with E-state index >= 15 is 0 Å². The SMILES string of the molecule is CCCNC(C)(CCCCSC1COC1)C(N)=O. The molecule has 1 fully saturated rings.